The molecular weight excluding hydrogens is 376 g/mol. The standard InChI is InChI=1S/C20H30N6O.ClH/c1-16-23-24-25-26(16)19(15-17-9-5-4-6-10-17)20(27)22-14-13-21-18-11-7-2-3-8-12-18;/h4-6,9-10,18-19,21H,2-3,7-8,11-15H2,1H3,(H,22,27);1H. The molecule has 1 atom stereocenters. The lowest BCUT2D eigenvalue weighted by molar-refractivity contribution is -0.124. The molecule has 0 radical (unpaired) electrons. The summed E-state index contributed by atoms with van der Waals surface area (Å²) in [5, 5.41) is 18.3. The molecule has 1 aromatic carbocycles. The maximum atomic E-state index is 12.8. The van der Waals surface area contributed by atoms with E-state index in [1.165, 1.54) is 38.5 Å². The van der Waals surface area contributed by atoms with Gasteiger partial charge in [-0.05, 0) is 35.8 Å². The molecule has 1 amide bonds. The molecule has 1 saturated carbocycles. The smallest absolute Gasteiger partial charge is 0.245 e. The molecule has 7 nitrogen and oxygen atoms in total. The Kier molecular flexibility index (Phi) is 9.37. The summed E-state index contributed by atoms with van der Waals surface area (Å²) in [4.78, 5) is 12.8. The SMILES string of the molecule is Cc1nnnn1C(Cc1ccccc1)C(=O)NCCNC1CCCCCC1.Cl. The lowest BCUT2D eigenvalue weighted by atomic mass is 10.1. The van der Waals surface area contributed by atoms with Crippen LogP contribution < -0.4 is 10.6 Å². The molecule has 0 bridgehead atoms. The van der Waals surface area contributed by atoms with Crippen LogP contribution in [0.3, 0.4) is 0 Å². The van der Waals surface area contributed by atoms with Crippen molar-refractivity contribution in [2.24, 2.45) is 0 Å². The Balaban J connectivity index is 0.00000280. The van der Waals surface area contributed by atoms with Crippen LogP contribution in [0.4, 0.5) is 0 Å². The third kappa shape index (κ3) is 6.56. The first kappa shape index (κ1) is 22.3. The molecular formula is C20H31ClN6O. The number of benzene rings is 1. The summed E-state index contributed by atoms with van der Waals surface area (Å²) in [6, 6.07) is 10.1. The molecule has 1 aliphatic rings. The van der Waals surface area contributed by atoms with Crippen LogP contribution in [0.1, 0.15) is 56.0 Å². The maximum absolute atomic E-state index is 12.8. The summed E-state index contributed by atoms with van der Waals surface area (Å²) < 4.78 is 1.61. The van der Waals surface area contributed by atoms with E-state index >= 15 is 0 Å². The van der Waals surface area contributed by atoms with E-state index in [4.69, 9.17) is 0 Å². The van der Waals surface area contributed by atoms with Gasteiger partial charge >= 0.3 is 0 Å². The summed E-state index contributed by atoms with van der Waals surface area (Å²) in [6.45, 7) is 3.23. The summed E-state index contributed by atoms with van der Waals surface area (Å²) in [6.07, 6.45) is 8.36. The van der Waals surface area contributed by atoms with Crippen LogP contribution in [0.5, 0.6) is 0 Å². The number of nitrogens with one attached hydrogen (secondary N) is 2. The van der Waals surface area contributed by atoms with Crippen molar-refractivity contribution >= 4 is 18.3 Å². The minimum absolute atomic E-state index is 0. The fourth-order valence-corrected chi connectivity index (χ4v) is 3.72. The van der Waals surface area contributed by atoms with Crippen molar-refractivity contribution < 1.29 is 4.79 Å². The van der Waals surface area contributed by atoms with Crippen LogP contribution in [0.15, 0.2) is 30.3 Å². The Morgan fingerprint density at radius 2 is 1.86 bits per heavy atom. The average molecular weight is 407 g/mol. The summed E-state index contributed by atoms with van der Waals surface area (Å²) >= 11 is 0. The molecule has 1 aliphatic carbocycles. The van der Waals surface area contributed by atoms with E-state index in [1.807, 2.05) is 37.3 Å². The van der Waals surface area contributed by atoms with E-state index < -0.39 is 6.04 Å². The van der Waals surface area contributed by atoms with Gasteiger partial charge in [0.2, 0.25) is 5.91 Å². The lowest BCUT2D eigenvalue weighted by Crippen LogP contribution is -2.40. The van der Waals surface area contributed by atoms with E-state index in [1.54, 1.807) is 4.68 Å². The van der Waals surface area contributed by atoms with E-state index in [-0.39, 0.29) is 18.3 Å². The number of carbonyl (C=O) groups is 1. The highest BCUT2D eigenvalue weighted by Gasteiger charge is 2.24. The van der Waals surface area contributed by atoms with Crippen molar-refractivity contribution in [2.75, 3.05) is 13.1 Å². The van der Waals surface area contributed by atoms with Crippen LogP contribution in [0.25, 0.3) is 0 Å². The molecule has 1 heterocycles. The summed E-state index contributed by atoms with van der Waals surface area (Å²) in [7, 11) is 0. The lowest BCUT2D eigenvalue weighted by Gasteiger charge is -2.19. The van der Waals surface area contributed by atoms with Crippen LogP contribution in [-0.2, 0) is 11.2 Å². The number of aromatic nitrogens is 4. The van der Waals surface area contributed by atoms with Crippen LogP contribution in [0.2, 0.25) is 0 Å². The molecule has 28 heavy (non-hydrogen) atoms. The molecule has 0 spiro atoms. The highest BCUT2D eigenvalue weighted by atomic mass is 35.5. The molecule has 3 rings (SSSR count). The van der Waals surface area contributed by atoms with Gasteiger partial charge < -0.3 is 10.6 Å². The molecule has 8 heteroatoms. The summed E-state index contributed by atoms with van der Waals surface area (Å²) in [5.41, 5.74) is 1.09. The van der Waals surface area contributed by atoms with E-state index in [0.29, 0.717) is 24.8 Å². The summed E-state index contributed by atoms with van der Waals surface area (Å²) in [5.74, 6) is 0.597. The number of aryl methyl sites for hydroxylation is 1. The van der Waals surface area contributed by atoms with Gasteiger partial charge in [-0.3, -0.25) is 4.79 Å². The first-order chi connectivity index (χ1) is 13.2. The number of amides is 1. The molecule has 154 valence electrons. The Morgan fingerprint density at radius 3 is 2.50 bits per heavy atom. The molecule has 2 aromatic rings. The van der Waals surface area contributed by atoms with Crippen LogP contribution >= 0.6 is 12.4 Å². The minimum atomic E-state index is -0.444. The third-order valence-electron chi connectivity index (χ3n) is 5.24. The van der Waals surface area contributed by atoms with Gasteiger partial charge in [0.05, 0.1) is 0 Å². The Labute approximate surface area is 173 Å². The van der Waals surface area contributed by atoms with Crippen molar-refractivity contribution in [2.45, 2.75) is 64.0 Å². The minimum Gasteiger partial charge on any atom is -0.353 e. The first-order valence-corrected chi connectivity index (χ1v) is 10.0. The van der Waals surface area contributed by atoms with E-state index in [9.17, 15) is 4.79 Å². The van der Waals surface area contributed by atoms with Gasteiger partial charge in [-0.15, -0.1) is 17.5 Å². The fraction of sp³-hybridized carbons (Fsp3) is 0.600. The van der Waals surface area contributed by atoms with Gasteiger partial charge in [-0.1, -0.05) is 56.0 Å². The monoisotopic (exact) mass is 406 g/mol. The van der Waals surface area contributed by atoms with Gasteiger partial charge in [-0.2, -0.15) is 0 Å². The van der Waals surface area contributed by atoms with Gasteiger partial charge in [0, 0.05) is 25.6 Å². The molecule has 2 N–H and O–H groups in total. The zero-order chi connectivity index (χ0) is 18.9. The van der Waals surface area contributed by atoms with Crippen LogP contribution in [-0.4, -0.2) is 45.2 Å². The number of hydrogen-bond donors (Lipinski definition) is 2. The van der Waals surface area contributed by atoms with Gasteiger partial charge in [0.15, 0.2) is 0 Å². The zero-order valence-electron chi connectivity index (χ0n) is 16.5. The van der Waals surface area contributed by atoms with Crippen molar-refractivity contribution in [1.82, 2.24) is 30.8 Å². The maximum Gasteiger partial charge on any atom is 0.245 e. The van der Waals surface area contributed by atoms with Crippen molar-refractivity contribution in [3.8, 4) is 0 Å². The van der Waals surface area contributed by atoms with Crippen LogP contribution in [0, 0.1) is 6.92 Å². The molecule has 0 saturated heterocycles. The van der Waals surface area contributed by atoms with Crippen molar-refractivity contribution in [1.29, 1.82) is 0 Å². The van der Waals surface area contributed by atoms with Gasteiger partial charge in [0.25, 0.3) is 0 Å². The van der Waals surface area contributed by atoms with E-state index in [2.05, 4.69) is 26.2 Å². The van der Waals surface area contributed by atoms with Gasteiger partial charge in [-0.25, -0.2) is 4.68 Å². The molecule has 1 unspecified atom stereocenters. The second kappa shape index (κ2) is 11.8. The number of tetrazole rings is 1. The second-order valence-corrected chi connectivity index (χ2v) is 7.31. The highest BCUT2D eigenvalue weighted by molar-refractivity contribution is 5.85. The Hall–Kier alpha value is -1.99. The van der Waals surface area contributed by atoms with Crippen molar-refractivity contribution in [3.05, 3.63) is 41.7 Å². The zero-order valence-corrected chi connectivity index (χ0v) is 17.3. The van der Waals surface area contributed by atoms with E-state index in [0.717, 1.165) is 12.1 Å². The van der Waals surface area contributed by atoms with Crippen molar-refractivity contribution in [3.63, 3.8) is 0 Å². The normalized spacial score (nSPS) is 16.0. The largest absolute Gasteiger partial charge is 0.353 e. The first-order valence-electron chi connectivity index (χ1n) is 10.0. The van der Waals surface area contributed by atoms with Gasteiger partial charge in [0.1, 0.15) is 11.9 Å². The molecule has 1 fully saturated rings. The average Bonchev–Trinajstić information content (AvgIpc) is 2.94. The number of halogens is 1. The topological polar surface area (TPSA) is 84.7 Å². The molecule has 1 aromatic heterocycles. The Morgan fingerprint density at radius 1 is 1.14 bits per heavy atom. The second-order valence-electron chi connectivity index (χ2n) is 7.31. The third-order valence-corrected chi connectivity index (χ3v) is 5.24. The molecule has 0 aliphatic heterocycles. The number of rotatable bonds is 8. The predicted molar refractivity (Wildman–Crippen MR) is 111 cm³/mol. The Bertz CT molecular complexity index is 700. The quantitative estimate of drug-likeness (QED) is 0.520. The predicted octanol–water partition coefficient (Wildman–Crippen LogP) is 2.62. The number of nitrogens with zero attached hydrogens (tertiary/aromatic N) is 4. The fourth-order valence-electron chi connectivity index (χ4n) is 3.72. The number of carbonyl (C=O) groups excluding carboxylic acids is 1. The number of hydrogen-bond acceptors (Lipinski definition) is 5. The highest BCUT2D eigenvalue weighted by Crippen LogP contribution is 2.17.